The zero-order chi connectivity index (χ0) is 27.2. The monoisotopic (exact) mass is 532 g/mol. The van der Waals surface area contributed by atoms with E-state index >= 15 is 0 Å². The molecular formula is C31H25FN6O2. The number of hydrogen-bond acceptors (Lipinski definition) is 5. The fourth-order valence-electron chi connectivity index (χ4n) is 5.59. The molecule has 4 aromatic heterocycles. The highest BCUT2D eigenvalue weighted by Gasteiger charge is 2.23. The standard InChI is InChI=1S/C31H25FN6O2/c32-20-10-18(12-22(39)13-20)23-6-3-7-26-24(23)14-28(35-26)30-29-27(37-38-30)9-8-25(36-29)19-11-21(16-33-15-19)34-31(40)17-4-1-2-5-17/h3,6-17,35,39H,1-2,4-5H2,(H,34,40)(H,37,38). The Labute approximate surface area is 228 Å². The van der Waals surface area contributed by atoms with Gasteiger partial charge in [-0.25, -0.2) is 9.37 Å². The molecule has 198 valence electrons. The largest absolute Gasteiger partial charge is 0.508 e. The number of aromatic nitrogens is 5. The van der Waals surface area contributed by atoms with Gasteiger partial charge in [0.25, 0.3) is 0 Å². The van der Waals surface area contributed by atoms with E-state index in [1.54, 1.807) is 18.5 Å². The lowest BCUT2D eigenvalue weighted by molar-refractivity contribution is -0.119. The Morgan fingerprint density at radius 3 is 2.70 bits per heavy atom. The van der Waals surface area contributed by atoms with Gasteiger partial charge in [-0.3, -0.25) is 14.9 Å². The molecule has 1 aliphatic carbocycles. The van der Waals surface area contributed by atoms with Gasteiger partial charge in [0, 0.05) is 34.6 Å². The van der Waals surface area contributed by atoms with Crippen LogP contribution in [0.2, 0.25) is 0 Å². The molecule has 1 amide bonds. The van der Waals surface area contributed by atoms with Gasteiger partial charge in [0.2, 0.25) is 5.91 Å². The predicted octanol–water partition coefficient (Wildman–Crippen LogP) is 6.81. The van der Waals surface area contributed by atoms with Crippen molar-refractivity contribution in [2.45, 2.75) is 25.7 Å². The van der Waals surface area contributed by atoms with Crippen molar-refractivity contribution >= 4 is 33.5 Å². The lowest BCUT2D eigenvalue weighted by atomic mass is 10.0. The van der Waals surface area contributed by atoms with E-state index in [0.717, 1.165) is 65.0 Å². The summed E-state index contributed by atoms with van der Waals surface area (Å²) in [4.78, 5) is 25.3. The zero-order valence-corrected chi connectivity index (χ0v) is 21.4. The first kappa shape index (κ1) is 24.0. The number of phenolic OH excluding ortho intramolecular Hbond substituents is 1. The number of anilines is 1. The van der Waals surface area contributed by atoms with Crippen LogP contribution in [0.4, 0.5) is 10.1 Å². The van der Waals surface area contributed by atoms with Gasteiger partial charge in [0.05, 0.1) is 28.8 Å². The molecule has 0 bridgehead atoms. The van der Waals surface area contributed by atoms with E-state index in [1.807, 2.05) is 42.5 Å². The first-order valence-electron chi connectivity index (χ1n) is 13.3. The van der Waals surface area contributed by atoms with Crippen LogP contribution in [0, 0.1) is 11.7 Å². The minimum atomic E-state index is -0.505. The number of H-pyrrole nitrogens is 2. The molecule has 0 spiro atoms. The smallest absolute Gasteiger partial charge is 0.227 e. The Kier molecular flexibility index (Phi) is 5.77. The molecule has 40 heavy (non-hydrogen) atoms. The van der Waals surface area contributed by atoms with Crippen molar-refractivity contribution in [2.24, 2.45) is 5.92 Å². The Bertz CT molecular complexity index is 1880. The van der Waals surface area contributed by atoms with Gasteiger partial charge >= 0.3 is 0 Å². The number of rotatable bonds is 5. The van der Waals surface area contributed by atoms with Crippen molar-refractivity contribution in [3.8, 4) is 39.5 Å². The quantitative estimate of drug-likeness (QED) is 0.194. The van der Waals surface area contributed by atoms with Crippen LogP contribution in [0.3, 0.4) is 0 Å². The molecule has 0 radical (unpaired) electrons. The van der Waals surface area contributed by atoms with E-state index in [9.17, 15) is 14.3 Å². The maximum atomic E-state index is 14.0. The number of phenols is 1. The van der Waals surface area contributed by atoms with Crippen LogP contribution in [0.15, 0.2) is 73.1 Å². The van der Waals surface area contributed by atoms with E-state index in [-0.39, 0.29) is 17.6 Å². The Balaban J connectivity index is 1.25. The SMILES string of the molecule is O=C(Nc1cncc(-c2ccc3[nH]nc(-c4cc5c(-c6cc(O)cc(F)c6)cccc5[nH]4)c3n2)c1)C1CCCC1. The summed E-state index contributed by atoms with van der Waals surface area (Å²) in [5.74, 6) is -0.525. The fraction of sp³-hybridized carbons (Fsp3) is 0.161. The molecule has 0 aliphatic heterocycles. The molecule has 0 atom stereocenters. The second-order valence-electron chi connectivity index (χ2n) is 10.2. The van der Waals surface area contributed by atoms with Gasteiger partial charge < -0.3 is 15.4 Å². The molecule has 8 nitrogen and oxygen atoms in total. The number of nitrogens with one attached hydrogen (secondary N) is 3. The number of amides is 1. The van der Waals surface area contributed by atoms with Crippen molar-refractivity contribution in [1.29, 1.82) is 0 Å². The highest BCUT2D eigenvalue weighted by atomic mass is 19.1. The summed E-state index contributed by atoms with van der Waals surface area (Å²) >= 11 is 0. The second kappa shape index (κ2) is 9.60. The Hall–Kier alpha value is -5.05. The number of halogens is 1. The maximum absolute atomic E-state index is 14.0. The summed E-state index contributed by atoms with van der Waals surface area (Å²) in [5.41, 5.74) is 7.16. The van der Waals surface area contributed by atoms with Crippen LogP contribution in [-0.2, 0) is 4.79 Å². The highest BCUT2D eigenvalue weighted by Crippen LogP contribution is 2.35. The maximum Gasteiger partial charge on any atom is 0.227 e. The van der Waals surface area contributed by atoms with Gasteiger partial charge in [-0.2, -0.15) is 5.10 Å². The summed E-state index contributed by atoms with van der Waals surface area (Å²) in [6, 6.07) is 17.4. The number of carbonyl (C=O) groups is 1. The van der Waals surface area contributed by atoms with Crippen LogP contribution in [0.25, 0.3) is 55.7 Å². The Morgan fingerprint density at radius 1 is 0.975 bits per heavy atom. The van der Waals surface area contributed by atoms with Crippen molar-refractivity contribution in [3.63, 3.8) is 0 Å². The number of aromatic hydroxyl groups is 1. The average Bonchev–Trinajstić information content (AvgIpc) is 3.71. The molecule has 6 aromatic rings. The third-order valence-electron chi connectivity index (χ3n) is 7.55. The third kappa shape index (κ3) is 4.35. The minimum Gasteiger partial charge on any atom is -0.508 e. The topological polar surface area (TPSA) is 120 Å². The second-order valence-corrected chi connectivity index (χ2v) is 10.2. The number of fused-ring (bicyclic) bond motifs is 2. The summed E-state index contributed by atoms with van der Waals surface area (Å²) in [6.07, 6.45) is 7.43. The van der Waals surface area contributed by atoms with Crippen LogP contribution >= 0.6 is 0 Å². The number of aromatic amines is 2. The summed E-state index contributed by atoms with van der Waals surface area (Å²) in [6.45, 7) is 0. The molecule has 9 heteroatoms. The molecule has 1 aliphatic rings. The minimum absolute atomic E-state index is 0.0450. The van der Waals surface area contributed by atoms with E-state index in [0.29, 0.717) is 28.2 Å². The van der Waals surface area contributed by atoms with Gasteiger partial charge in [0.1, 0.15) is 22.8 Å². The van der Waals surface area contributed by atoms with Crippen molar-refractivity contribution < 1.29 is 14.3 Å². The summed E-state index contributed by atoms with van der Waals surface area (Å²) in [7, 11) is 0. The molecule has 7 rings (SSSR count). The summed E-state index contributed by atoms with van der Waals surface area (Å²) in [5, 5.41) is 21.4. The fourth-order valence-corrected chi connectivity index (χ4v) is 5.59. The van der Waals surface area contributed by atoms with E-state index in [4.69, 9.17) is 4.98 Å². The molecule has 0 saturated heterocycles. The van der Waals surface area contributed by atoms with Gasteiger partial charge in [-0.15, -0.1) is 0 Å². The molecule has 4 heterocycles. The van der Waals surface area contributed by atoms with Gasteiger partial charge in [0.15, 0.2) is 0 Å². The van der Waals surface area contributed by atoms with E-state index in [2.05, 4.69) is 25.5 Å². The molecule has 2 aromatic carbocycles. The molecular weight excluding hydrogens is 507 g/mol. The third-order valence-corrected chi connectivity index (χ3v) is 7.55. The Morgan fingerprint density at radius 2 is 1.85 bits per heavy atom. The first-order valence-corrected chi connectivity index (χ1v) is 13.3. The van der Waals surface area contributed by atoms with Crippen molar-refractivity contribution in [2.75, 3.05) is 5.32 Å². The number of pyridine rings is 2. The average molecular weight is 533 g/mol. The number of benzene rings is 2. The van der Waals surface area contributed by atoms with Crippen molar-refractivity contribution in [1.82, 2.24) is 25.1 Å². The molecule has 1 saturated carbocycles. The lowest BCUT2D eigenvalue weighted by Crippen LogP contribution is -2.20. The van der Waals surface area contributed by atoms with Crippen LogP contribution < -0.4 is 5.32 Å². The van der Waals surface area contributed by atoms with Crippen LogP contribution in [-0.4, -0.2) is 36.2 Å². The normalized spacial score (nSPS) is 13.8. The highest BCUT2D eigenvalue weighted by molar-refractivity contribution is 6.00. The lowest BCUT2D eigenvalue weighted by Gasteiger charge is -2.11. The molecule has 4 N–H and O–H groups in total. The van der Waals surface area contributed by atoms with E-state index in [1.165, 1.54) is 6.07 Å². The summed E-state index contributed by atoms with van der Waals surface area (Å²) < 4.78 is 14.0. The zero-order valence-electron chi connectivity index (χ0n) is 21.4. The van der Waals surface area contributed by atoms with Crippen LogP contribution in [0.5, 0.6) is 5.75 Å². The van der Waals surface area contributed by atoms with Crippen LogP contribution in [0.1, 0.15) is 25.7 Å². The van der Waals surface area contributed by atoms with Crippen molar-refractivity contribution in [3.05, 3.63) is 78.9 Å². The molecule has 1 fully saturated rings. The van der Waals surface area contributed by atoms with Gasteiger partial charge in [-0.05, 0) is 66.4 Å². The predicted molar refractivity (Wildman–Crippen MR) is 152 cm³/mol. The number of nitrogens with zero attached hydrogens (tertiary/aromatic N) is 3. The molecule has 0 unspecified atom stereocenters. The van der Waals surface area contributed by atoms with Gasteiger partial charge in [-0.1, -0.05) is 25.0 Å². The first-order chi connectivity index (χ1) is 19.5. The number of carbonyl (C=O) groups excluding carboxylic acids is 1. The number of hydrogen-bond donors (Lipinski definition) is 4. The van der Waals surface area contributed by atoms with E-state index < -0.39 is 5.82 Å².